The molecular formula is C15H20N2O. The summed E-state index contributed by atoms with van der Waals surface area (Å²) in [5, 5.41) is 4.85. The second-order valence-electron chi connectivity index (χ2n) is 5.20. The van der Waals surface area contributed by atoms with E-state index in [1.165, 1.54) is 35.7 Å². The molecule has 1 saturated carbocycles. The second-order valence-corrected chi connectivity index (χ2v) is 5.20. The molecule has 0 radical (unpaired) electrons. The standard InChI is InChI=1S/C15H20N2O/c1-18-15(7-3-8-15)11-16-10-12-4-2-5-14-13(12)6-9-17-14/h2,4-6,9,16-17H,3,7-8,10-11H2,1H3. The van der Waals surface area contributed by atoms with E-state index in [-0.39, 0.29) is 5.60 Å². The van der Waals surface area contributed by atoms with Crippen LogP contribution in [0, 0.1) is 0 Å². The molecule has 0 aliphatic heterocycles. The van der Waals surface area contributed by atoms with E-state index in [9.17, 15) is 0 Å². The monoisotopic (exact) mass is 244 g/mol. The Kier molecular flexibility index (Phi) is 3.10. The van der Waals surface area contributed by atoms with Gasteiger partial charge in [0.05, 0.1) is 5.60 Å². The molecule has 2 N–H and O–H groups in total. The van der Waals surface area contributed by atoms with Crippen molar-refractivity contribution < 1.29 is 4.74 Å². The first-order valence-electron chi connectivity index (χ1n) is 6.64. The molecule has 1 fully saturated rings. The number of nitrogens with one attached hydrogen (secondary N) is 2. The van der Waals surface area contributed by atoms with Crippen molar-refractivity contribution in [1.82, 2.24) is 10.3 Å². The van der Waals surface area contributed by atoms with Crippen LogP contribution in [0.2, 0.25) is 0 Å². The maximum absolute atomic E-state index is 5.62. The van der Waals surface area contributed by atoms with E-state index in [0.717, 1.165) is 13.1 Å². The zero-order chi connectivity index (χ0) is 12.4. The van der Waals surface area contributed by atoms with Crippen LogP contribution in [0.5, 0.6) is 0 Å². The summed E-state index contributed by atoms with van der Waals surface area (Å²) >= 11 is 0. The number of fused-ring (bicyclic) bond motifs is 1. The Morgan fingerprint density at radius 2 is 2.22 bits per heavy atom. The molecule has 0 amide bonds. The first-order chi connectivity index (χ1) is 8.83. The van der Waals surface area contributed by atoms with Crippen molar-refractivity contribution in [2.75, 3.05) is 13.7 Å². The highest BCUT2D eigenvalue weighted by Crippen LogP contribution is 2.34. The lowest BCUT2D eigenvalue weighted by atomic mass is 9.80. The molecule has 3 heteroatoms. The van der Waals surface area contributed by atoms with E-state index in [1.807, 2.05) is 13.3 Å². The minimum atomic E-state index is 0.103. The van der Waals surface area contributed by atoms with Crippen LogP contribution in [0.25, 0.3) is 10.9 Å². The van der Waals surface area contributed by atoms with Crippen LogP contribution >= 0.6 is 0 Å². The summed E-state index contributed by atoms with van der Waals surface area (Å²) in [5.74, 6) is 0. The average molecular weight is 244 g/mol. The van der Waals surface area contributed by atoms with Gasteiger partial charge in [0.2, 0.25) is 0 Å². The van der Waals surface area contributed by atoms with Crippen molar-refractivity contribution in [1.29, 1.82) is 0 Å². The zero-order valence-corrected chi connectivity index (χ0v) is 10.8. The highest BCUT2D eigenvalue weighted by molar-refractivity contribution is 5.82. The predicted octanol–water partition coefficient (Wildman–Crippen LogP) is 2.83. The first-order valence-corrected chi connectivity index (χ1v) is 6.64. The molecule has 0 unspecified atom stereocenters. The van der Waals surface area contributed by atoms with Crippen molar-refractivity contribution >= 4 is 10.9 Å². The Bertz CT molecular complexity index is 523. The number of hydrogen-bond acceptors (Lipinski definition) is 2. The highest BCUT2D eigenvalue weighted by atomic mass is 16.5. The van der Waals surface area contributed by atoms with Crippen LogP contribution in [-0.2, 0) is 11.3 Å². The van der Waals surface area contributed by atoms with Gasteiger partial charge in [-0.25, -0.2) is 0 Å². The van der Waals surface area contributed by atoms with Gasteiger partial charge in [-0.3, -0.25) is 0 Å². The van der Waals surface area contributed by atoms with Gasteiger partial charge >= 0.3 is 0 Å². The molecule has 18 heavy (non-hydrogen) atoms. The maximum atomic E-state index is 5.62. The zero-order valence-electron chi connectivity index (χ0n) is 10.8. The summed E-state index contributed by atoms with van der Waals surface area (Å²) in [6.07, 6.45) is 5.66. The number of benzene rings is 1. The molecule has 1 aliphatic rings. The molecule has 3 rings (SSSR count). The number of hydrogen-bond donors (Lipinski definition) is 2. The van der Waals surface area contributed by atoms with Gasteiger partial charge in [0.15, 0.2) is 0 Å². The first kappa shape index (κ1) is 11.8. The average Bonchev–Trinajstić information content (AvgIpc) is 2.81. The third-order valence-electron chi connectivity index (χ3n) is 4.15. The van der Waals surface area contributed by atoms with E-state index >= 15 is 0 Å². The number of aromatic nitrogens is 1. The molecule has 0 spiro atoms. The molecular weight excluding hydrogens is 224 g/mol. The van der Waals surface area contributed by atoms with Gasteiger partial charge in [0, 0.05) is 37.3 Å². The minimum Gasteiger partial charge on any atom is -0.377 e. The Balaban J connectivity index is 1.64. The quantitative estimate of drug-likeness (QED) is 0.848. The van der Waals surface area contributed by atoms with Gasteiger partial charge in [-0.15, -0.1) is 0 Å². The van der Waals surface area contributed by atoms with E-state index in [2.05, 4.69) is 34.6 Å². The topological polar surface area (TPSA) is 37.0 Å². The number of methoxy groups -OCH3 is 1. The molecule has 1 aromatic heterocycles. The van der Waals surface area contributed by atoms with Crippen LogP contribution in [-0.4, -0.2) is 24.2 Å². The lowest BCUT2D eigenvalue weighted by molar-refractivity contribution is -0.0695. The van der Waals surface area contributed by atoms with E-state index in [4.69, 9.17) is 4.74 Å². The molecule has 0 bridgehead atoms. The number of ether oxygens (including phenoxy) is 1. The summed E-state index contributed by atoms with van der Waals surface area (Å²) in [5.41, 5.74) is 2.66. The second kappa shape index (κ2) is 4.75. The van der Waals surface area contributed by atoms with Gasteiger partial charge in [-0.1, -0.05) is 12.1 Å². The molecule has 1 heterocycles. The predicted molar refractivity (Wildman–Crippen MR) is 73.6 cm³/mol. The van der Waals surface area contributed by atoms with E-state index in [1.54, 1.807) is 0 Å². The fourth-order valence-electron chi connectivity index (χ4n) is 2.75. The van der Waals surface area contributed by atoms with Crippen LogP contribution in [0.1, 0.15) is 24.8 Å². The van der Waals surface area contributed by atoms with Crippen molar-refractivity contribution in [2.24, 2.45) is 0 Å². The molecule has 1 aliphatic carbocycles. The molecule has 1 aromatic carbocycles. The molecule has 96 valence electrons. The maximum Gasteiger partial charge on any atom is 0.0802 e. The van der Waals surface area contributed by atoms with Crippen molar-refractivity contribution in [3.63, 3.8) is 0 Å². The van der Waals surface area contributed by atoms with Crippen LogP contribution in [0.4, 0.5) is 0 Å². The van der Waals surface area contributed by atoms with Gasteiger partial charge < -0.3 is 15.0 Å². The SMILES string of the molecule is COC1(CNCc2cccc3[nH]ccc23)CCC1. The largest absolute Gasteiger partial charge is 0.377 e. The Morgan fingerprint density at radius 3 is 2.94 bits per heavy atom. The van der Waals surface area contributed by atoms with Gasteiger partial charge in [-0.05, 0) is 37.0 Å². The third-order valence-corrected chi connectivity index (χ3v) is 4.15. The fraction of sp³-hybridized carbons (Fsp3) is 0.467. The minimum absolute atomic E-state index is 0.103. The highest BCUT2D eigenvalue weighted by Gasteiger charge is 2.36. The lowest BCUT2D eigenvalue weighted by Crippen LogP contribution is -2.47. The van der Waals surface area contributed by atoms with Gasteiger partial charge in [0.25, 0.3) is 0 Å². The Morgan fingerprint density at radius 1 is 1.33 bits per heavy atom. The van der Waals surface area contributed by atoms with E-state index in [0.29, 0.717) is 0 Å². The summed E-state index contributed by atoms with van der Waals surface area (Å²) in [7, 11) is 1.83. The summed E-state index contributed by atoms with van der Waals surface area (Å²) < 4.78 is 5.62. The number of aromatic amines is 1. The van der Waals surface area contributed by atoms with Gasteiger partial charge in [0.1, 0.15) is 0 Å². The summed E-state index contributed by atoms with van der Waals surface area (Å²) in [6, 6.07) is 8.54. The lowest BCUT2D eigenvalue weighted by Gasteiger charge is -2.40. The molecule has 0 saturated heterocycles. The molecule has 0 atom stereocenters. The Hall–Kier alpha value is -1.32. The normalized spacial score (nSPS) is 17.8. The summed E-state index contributed by atoms with van der Waals surface area (Å²) in [4.78, 5) is 3.25. The summed E-state index contributed by atoms with van der Waals surface area (Å²) in [6.45, 7) is 1.85. The van der Waals surface area contributed by atoms with E-state index < -0.39 is 0 Å². The fourth-order valence-corrected chi connectivity index (χ4v) is 2.75. The molecule has 2 aromatic rings. The number of rotatable bonds is 5. The van der Waals surface area contributed by atoms with Crippen molar-refractivity contribution in [2.45, 2.75) is 31.4 Å². The van der Waals surface area contributed by atoms with Crippen LogP contribution < -0.4 is 5.32 Å². The number of H-pyrrole nitrogens is 1. The molecule has 3 nitrogen and oxygen atoms in total. The van der Waals surface area contributed by atoms with Crippen molar-refractivity contribution in [3.8, 4) is 0 Å². The van der Waals surface area contributed by atoms with Crippen LogP contribution in [0.3, 0.4) is 0 Å². The van der Waals surface area contributed by atoms with Crippen molar-refractivity contribution in [3.05, 3.63) is 36.0 Å². The van der Waals surface area contributed by atoms with Gasteiger partial charge in [-0.2, -0.15) is 0 Å². The third kappa shape index (κ3) is 2.04. The smallest absolute Gasteiger partial charge is 0.0802 e. The van der Waals surface area contributed by atoms with Crippen LogP contribution in [0.15, 0.2) is 30.5 Å². The Labute approximate surface area is 108 Å².